The monoisotopic (exact) mass is 238 g/mol. The van der Waals surface area contributed by atoms with Crippen LogP contribution in [0.3, 0.4) is 0 Å². The zero-order chi connectivity index (χ0) is 13.1. The van der Waals surface area contributed by atoms with Crippen LogP contribution in [0.4, 0.5) is 0 Å². The molecule has 0 aromatic carbocycles. The zero-order valence-electron chi connectivity index (χ0n) is 11.9. The summed E-state index contributed by atoms with van der Waals surface area (Å²) in [7, 11) is 0. The smallest absolute Gasteiger partial charge is 0.233 e. The first kappa shape index (κ1) is 14.1. The summed E-state index contributed by atoms with van der Waals surface area (Å²) in [6.07, 6.45) is 5.27. The summed E-state index contributed by atoms with van der Waals surface area (Å²) in [5.41, 5.74) is 2.21. The molecule has 1 N–H and O–H groups in total. The van der Waals surface area contributed by atoms with E-state index in [4.69, 9.17) is 0 Å². The van der Waals surface area contributed by atoms with Crippen molar-refractivity contribution in [3.8, 4) is 5.88 Å². The quantitative estimate of drug-likeness (QED) is 0.850. The molecule has 0 aliphatic rings. The Kier molecular flexibility index (Phi) is 4.61. The summed E-state index contributed by atoms with van der Waals surface area (Å²) in [4.78, 5) is 0. The fourth-order valence-electron chi connectivity index (χ4n) is 2.13. The molecule has 1 aromatic rings. The third-order valence-electron chi connectivity index (χ3n) is 2.97. The molecular weight excluding hydrogens is 212 g/mol. The first-order valence-corrected chi connectivity index (χ1v) is 6.72. The van der Waals surface area contributed by atoms with Crippen molar-refractivity contribution in [3.05, 3.63) is 11.3 Å². The molecule has 0 atom stereocenters. The third-order valence-corrected chi connectivity index (χ3v) is 2.97. The van der Waals surface area contributed by atoms with Crippen LogP contribution in [0.25, 0.3) is 0 Å². The third kappa shape index (κ3) is 3.24. The van der Waals surface area contributed by atoms with E-state index in [1.54, 1.807) is 0 Å². The van der Waals surface area contributed by atoms with Gasteiger partial charge in [-0.3, -0.25) is 4.68 Å². The van der Waals surface area contributed by atoms with Gasteiger partial charge in [0.25, 0.3) is 0 Å². The van der Waals surface area contributed by atoms with Crippen molar-refractivity contribution >= 4 is 0 Å². The van der Waals surface area contributed by atoms with Crippen LogP contribution in [0.1, 0.15) is 65.1 Å². The van der Waals surface area contributed by atoms with Crippen molar-refractivity contribution in [2.24, 2.45) is 0 Å². The molecule has 0 fully saturated rings. The molecular formula is C14H26N2O. The highest BCUT2D eigenvalue weighted by atomic mass is 16.3. The standard InChI is InChI=1S/C14H26N2O/c1-6-8-10-11-12(9-7-2)16(14(3,4)5)15-13(11)17/h6-10H2,1-5H3,(H,15,17). The van der Waals surface area contributed by atoms with Crippen molar-refractivity contribution in [1.82, 2.24) is 9.78 Å². The summed E-state index contributed by atoms with van der Waals surface area (Å²) in [6, 6.07) is 0. The van der Waals surface area contributed by atoms with E-state index < -0.39 is 0 Å². The number of unbranched alkanes of at least 4 members (excludes halogenated alkanes) is 1. The maximum Gasteiger partial charge on any atom is 0.233 e. The van der Waals surface area contributed by atoms with Crippen LogP contribution in [0, 0.1) is 0 Å². The summed E-state index contributed by atoms with van der Waals surface area (Å²) in [5, 5.41) is 14.3. The average molecular weight is 238 g/mol. The Morgan fingerprint density at radius 2 is 1.76 bits per heavy atom. The maximum atomic E-state index is 10.00. The topological polar surface area (TPSA) is 38.1 Å². The zero-order valence-corrected chi connectivity index (χ0v) is 11.9. The second kappa shape index (κ2) is 5.56. The van der Waals surface area contributed by atoms with Crippen LogP contribution in [0.2, 0.25) is 0 Å². The molecule has 0 saturated heterocycles. The van der Waals surface area contributed by atoms with Crippen molar-refractivity contribution in [3.63, 3.8) is 0 Å². The molecule has 0 radical (unpaired) electrons. The molecule has 1 rings (SSSR count). The molecule has 0 unspecified atom stereocenters. The molecule has 0 aliphatic carbocycles. The predicted octanol–water partition coefficient (Wildman–Crippen LogP) is 3.64. The lowest BCUT2D eigenvalue weighted by Gasteiger charge is -2.22. The van der Waals surface area contributed by atoms with Crippen molar-refractivity contribution in [2.75, 3.05) is 0 Å². The van der Waals surface area contributed by atoms with Gasteiger partial charge in [-0.1, -0.05) is 26.7 Å². The van der Waals surface area contributed by atoms with E-state index in [0.717, 1.165) is 37.7 Å². The number of aromatic nitrogens is 2. The van der Waals surface area contributed by atoms with E-state index >= 15 is 0 Å². The lowest BCUT2D eigenvalue weighted by atomic mass is 10.0. The van der Waals surface area contributed by atoms with Gasteiger partial charge in [0.2, 0.25) is 5.88 Å². The minimum absolute atomic E-state index is 0.0630. The molecule has 0 amide bonds. The molecule has 17 heavy (non-hydrogen) atoms. The molecule has 0 spiro atoms. The van der Waals surface area contributed by atoms with Gasteiger partial charge in [0.15, 0.2) is 0 Å². The molecule has 0 aliphatic heterocycles. The molecule has 0 saturated carbocycles. The number of nitrogens with zero attached hydrogens (tertiary/aromatic N) is 2. The van der Waals surface area contributed by atoms with Crippen LogP contribution in [-0.2, 0) is 18.4 Å². The second-order valence-electron chi connectivity index (χ2n) is 5.69. The number of rotatable bonds is 5. The molecule has 1 aromatic heterocycles. The Morgan fingerprint density at radius 1 is 1.12 bits per heavy atom. The van der Waals surface area contributed by atoms with Gasteiger partial charge in [0, 0.05) is 11.3 Å². The van der Waals surface area contributed by atoms with Gasteiger partial charge in [-0.05, 0) is 40.0 Å². The molecule has 1 heterocycles. The Hall–Kier alpha value is -0.990. The normalized spacial score (nSPS) is 12.1. The van der Waals surface area contributed by atoms with E-state index in [-0.39, 0.29) is 11.4 Å². The lowest BCUT2D eigenvalue weighted by Crippen LogP contribution is -2.25. The Bertz CT molecular complexity index is 361. The van der Waals surface area contributed by atoms with Gasteiger partial charge < -0.3 is 5.11 Å². The Morgan fingerprint density at radius 3 is 2.24 bits per heavy atom. The number of aromatic hydroxyl groups is 1. The highest BCUT2D eigenvalue weighted by molar-refractivity contribution is 5.31. The highest BCUT2D eigenvalue weighted by Crippen LogP contribution is 2.28. The highest BCUT2D eigenvalue weighted by Gasteiger charge is 2.23. The number of hydrogen-bond donors (Lipinski definition) is 1. The van der Waals surface area contributed by atoms with E-state index in [2.05, 4.69) is 39.7 Å². The fourth-order valence-corrected chi connectivity index (χ4v) is 2.13. The van der Waals surface area contributed by atoms with Gasteiger partial charge in [-0.15, -0.1) is 5.10 Å². The summed E-state index contributed by atoms with van der Waals surface area (Å²) in [6.45, 7) is 10.7. The van der Waals surface area contributed by atoms with Gasteiger partial charge in [0.1, 0.15) is 0 Å². The predicted molar refractivity (Wildman–Crippen MR) is 71.5 cm³/mol. The molecule has 98 valence electrons. The van der Waals surface area contributed by atoms with Crippen LogP contribution in [-0.4, -0.2) is 14.9 Å². The molecule has 0 bridgehead atoms. The first-order chi connectivity index (χ1) is 7.91. The van der Waals surface area contributed by atoms with Crippen LogP contribution >= 0.6 is 0 Å². The lowest BCUT2D eigenvalue weighted by molar-refractivity contribution is 0.328. The van der Waals surface area contributed by atoms with Crippen molar-refractivity contribution in [2.45, 2.75) is 72.3 Å². The van der Waals surface area contributed by atoms with E-state index in [1.807, 2.05) is 4.68 Å². The Balaban J connectivity index is 3.14. The maximum absolute atomic E-state index is 10.00. The minimum atomic E-state index is -0.0630. The first-order valence-electron chi connectivity index (χ1n) is 6.72. The van der Waals surface area contributed by atoms with E-state index in [0.29, 0.717) is 0 Å². The summed E-state index contributed by atoms with van der Waals surface area (Å²) < 4.78 is 2.00. The molecule has 3 nitrogen and oxygen atoms in total. The van der Waals surface area contributed by atoms with Gasteiger partial charge >= 0.3 is 0 Å². The molecule has 3 heteroatoms. The average Bonchev–Trinajstić information content (AvgIpc) is 2.53. The summed E-state index contributed by atoms with van der Waals surface area (Å²) >= 11 is 0. The Labute approximate surface area is 105 Å². The van der Waals surface area contributed by atoms with Crippen LogP contribution in [0.5, 0.6) is 5.88 Å². The van der Waals surface area contributed by atoms with Gasteiger partial charge in [-0.2, -0.15) is 0 Å². The fraction of sp³-hybridized carbons (Fsp3) is 0.786. The van der Waals surface area contributed by atoms with Gasteiger partial charge in [-0.25, -0.2) is 0 Å². The van der Waals surface area contributed by atoms with E-state index in [9.17, 15) is 5.11 Å². The van der Waals surface area contributed by atoms with Crippen LogP contribution in [0.15, 0.2) is 0 Å². The largest absolute Gasteiger partial charge is 0.492 e. The SMILES string of the molecule is CCCCc1c(O)nn(C(C)(C)C)c1CCC. The van der Waals surface area contributed by atoms with Crippen molar-refractivity contribution in [1.29, 1.82) is 0 Å². The van der Waals surface area contributed by atoms with Crippen molar-refractivity contribution < 1.29 is 5.11 Å². The van der Waals surface area contributed by atoms with Gasteiger partial charge in [0.05, 0.1) is 5.54 Å². The minimum Gasteiger partial charge on any atom is -0.492 e. The second-order valence-corrected chi connectivity index (χ2v) is 5.69. The van der Waals surface area contributed by atoms with Crippen LogP contribution < -0.4 is 0 Å². The summed E-state index contributed by atoms with van der Waals surface area (Å²) in [5.74, 6) is 0.233. The number of hydrogen-bond acceptors (Lipinski definition) is 2. The van der Waals surface area contributed by atoms with E-state index in [1.165, 1.54) is 5.69 Å².